The van der Waals surface area contributed by atoms with Crippen LogP contribution in [0.3, 0.4) is 0 Å². The van der Waals surface area contributed by atoms with E-state index in [9.17, 15) is 14.0 Å². The van der Waals surface area contributed by atoms with E-state index < -0.39 is 11.9 Å². The molecule has 0 saturated carbocycles. The average molecular weight is 491 g/mol. The monoisotopic (exact) mass is 490 g/mol. The number of hydrogen-bond acceptors (Lipinski definition) is 3. The molecular weight excluding hydrogens is 455 g/mol. The van der Waals surface area contributed by atoms with Crippen molar-refractivity contribution in [3.8, 4) is 5.75 Å². The predicted molar refractivity (Wildman–Crippen MR) is 140 cm³/mol. The third-order valence-electron chi connectivity index (χ3n) is 5.83. The van der Waals surface area contributed by atoms with Gasteiger partial charge in [-0.05, 0) is 51.0 Å². The molecule has 0 heterocycles. The Labute approximate surface area is 213 Å². The molecule has 0 aliphatic heterocycles. The largest absolute Gasteiger partial charge is 0.494 e. The standard InChI is InChI=1S/C30H35FN2O3/c1-22(2)32-30(35)28(20-24-10-5-4-6-11-24)33(21-25-12-7-8-13-27(25)31)29(34)14-9-19-36-26-17-15-23(3)16-18-26/h4-8,10-13,15-18,22,28H,9,14,19-21H2,1-3H3,(H,32,35)/t28-/m1/s1. The summed E-state index contributed by atoms with van der Waals surface area (Å²) in [6.07, 6.45) is 0.990. The van der Waals surface area contributed by atoms with Crippen LogP contribution in [0.5, 0.6) is 5.75 Å². The van der Waals surface area contributed by atoms with Crippen molar-refractivity contribution in [3.63, 3.8) is 0 Å². The van der Waals surface area contributed by atoms with Gasteiger partial charge in [0.1, 0.15) is 17.6 Å². The summed E-state index contributed by atoms with van der Waals surface area (Å²) in [5.41, 5.74) is 2.44. The van der Waals surface area contributed by atoms with Gasteiger partial charge in [0.2, 0.25) is 11.8 Å². The highest BCUT2D eigenvalue weighted by Gasteiger charge is 2.31. The van der Waals surface area contributed by atoms with Crippen molar-refractivity contribution in [2.24, 2.45) is 0 Å². The Hall–Kier alpha value is -3.67. The summed E-state index contributed by atoms with van der Waals surface area (Å²) in [5, 5.41) is 2.94. The Balaban J connectivity index is 1.79. The molecule has 0 bridgehead atoms. The molecule has 36 heavy (non-hydrogen) atoms. The lowest BCUT2D eigenvalue weighted by molar-refractivity contribution is -0.141. The minimum atomic E-state index is -0.778. The highest BCUT2D eigenvalue weighted by atomic mass is 19.1. The maximum atomic E-state index is 14.6. The molecule has 2 amide bonds. The quantitative estimate of drug-likeness (QED) is 0.343. The summed E-state index contributed by atoms with van der Waals surface area (Å²) >= 11 is 0. The number of halogens is 1. The number of ether oxygens (including phenoxy) is 1. The normalized spacial score (nSPS) is 11.7. The SMILES string of the molecule is Cc1ccc(OCCCC(=O)N(Cc2ccccc2F)[C@H](Cc2ccccc2)C(=O)NC(C)C)cc1. The molecule has 0 aliphatic rings. The second-order valence-electron chi connectivity index (χ2n) is 9.25. The number of rotatable bonds is 12. The van der Waals surface area contributed by atoms with Crippen molar-refractivity contribution in [3.05, 3.63) is 101 Å². The van der Waals surface area contributed by atoms with Gasteiger partial charge in [0, 0.05) is 31.0 Å². The third-order valence-corrected chi connectivity index (χ3v) is 5.83. The number of carbonyl (C=O) groups is 2. The Morgan fingerprint density at radius 2 is 1.61 bits per heavy atom. The number of benzene rings is 3. The van der Waals surface area contributed by atoms with Crippen LogP contribution >= 0.6 is 0 Å². The van der Waals surface area contributed by atoms with Gasteiger partial charge in [-0.1, -0.05) is 66.2 Å². The third kappa shape index (κ3) is 8.22. The minimum absolute atomic E-state index is 0.00728. The summed E-state index contributed by atoms with van der Waals surface area (Å²) in [7, 11) is 0. The van der Waals surface area contributed by atoms with E-state index in [2.05, 4.69) is 5.32 Å². The van der Waals surface area contributed by atoms with Crippen LogP contribution in [-0.4, -0.2) is 35.4 Å². The van der Waals surface area contributed by atoms with Gasteiger partial charge in [-0.3, -0.25) is 9.59 Å². The van der Waals surface area contributed by atoms with Gasteiger partial charge in [0.05, 0.1) is 6.61 Å². The van der Waals surface area contributed by atoms with E-state index in [1.807, 2.05) is 75.4 Å². The zero-order chi connectivity index (χ0) is 25.9. The van der Waals surface area contributed by atoms with Crippen molar-refractivity contribution in [2.45, 2.75) is 58.7 Å². The predicted octanol–water partition coefficient (Wildman–Crippen LogP) is 5.46. The smallest absolute Gasteiger partial charge is 0.243 e. The van der Waals surface area contributed by atoms with Crippen LogP contribution in [0.4, 0.5) is 4.39 Å². The molecule has 3 aromatic carbocycles. The molecule has 0 aromatic heterocycles. The number of aryl methyl sites for hydroxylation is 1. The van der Waals surface area contributed by atoms with E-state index in [0.29, 0.717) is 25.0 Å². The first kappa shape index (κ1) is 26.9. The van der Waals surface area contributed by atoms with Gasteiger partial charge >= 0.3 is 0 Å². The molecule has 1 atom stereocenters. The molecule has 3 aromatic rings. The van der Waals surface area contributed by atoms with Gasteiger partial charge in [-0.2, -0.15) is 0 Å². The average Bonchev–Trinajstić information content (AvgIpc) is 2.86. The molecule has 0 unspecified atom stereocenters. The van der Waals surface area contributed by atoms with Crippen molar-refractivity contribution in [1.82, 2.24) is 10.2 Å². The number of nitrogens with zero attached hydrogens (tertiary/aromatic N) is 1. The number of carbonyl (C=O) groups excluding carboxylic acids is 2. The van der Waals surface area contributed by atoms with Crippen LogP contribution in [0.25, 0.3) is 0 Å². The summed E-state index contributed by atoms with van der Waals surface area (Å²) in [6, 6.07) is 22.8. The molecule has 5 nitrogen and oxygen atoms in total. The first-order valence-corrected chi connectivity index (χ1v) is 12.4. The Bertz CT molecular complexity index is 1120. The van der Waals surface area contributed by atoms with Crippen molar-refractivity contribution < 1.29 is 18.7 Å². The molecule has 0 radical (unpaired) electrons. The van der Waals surface area contributed by atoms with Gasteiger partial charge in [0.25, 0.3) is 0 Å². The van der Waals surface area contributed by atoms with Crippen LogP contribution in [-0.2, 0) is 22.6 Å². The fourth-order valence-corrected chi connectivity index (χ4v) is 3.94. The van der Waals surface area contributed by atoms with Crippen LogP contribution in [0.2, 0.25) is 0 Å². The number of hydrogen-bond donors (Lipinski definition) is 1. The summed E-state index contributed by atoms with van der Waals surface area (Å²) < 4.78 is 20.4. The van der Waals surface area contributed by atoms with E-state index in [1.54, 1.807) is 18.2 Å². The van der Waals surface area contributed by atoms with Crippen LogP contribution in [0.15, 0.2) is 78.9 Å². The minimum Gasteiger partial charge on any atom is -0.494 e. The zero-order valence-corrected chi connectivity index (χ0v) is 21.2. The van der Waals surface area contributed by atoms with Gasteiger partial charge in [0.15, 0.2) is 0 Å². The van der Waals surface area contributed by atoms with Crippen molar-refractivity contribution in [1.29, 1.82) is 0 Å². The lowest BCUT2D eigenvalue weighted by atomic mass is 10.0. The first-order valence-electron chi connectivity index (χ1n) is 12.4. The van der Waals surface area contributed by atoms with Crippen LogP contribution in [0, 0.1) is 12.7 Å². The maximum Gasteiger partial charge on any atom is 0.243 e. The highest BCUT2D eigenvalue weighted by molar-refractivity contribution is 5.88. The lowest BCUT2D eigenvalue weighted by Gasteiger charge is -2.32. The number of amides is 2. The molecular formula is C30H35FN2O3. The second-order valence-corrected chi connectivity index (χ2v) is 9.25. The van der Waals surface area contributed by atoms with Gasteiger partial charge < -0.3 is 15.0 Å². The lowest BCUT2D eigenvalue weighted by Crippen LogP contribution is -2.51. The van der Waals surface area contributed by atoms with Crippen molar-refractivity contribution >= 4 is 11.8 Å². The molecule has 1 N–H and O–H groups in total. The molecule has 6 heteroatoms. The van der Waals surface area contributed by atoms with E-state index in [1.165, 1.54) is 11.0 Å². The highest BCUT2D eigenvalue weighted by Crippen LogP contribution is 2.19. The Morgan fingerprint density at radius 3 is 2.28 bits per heavy atom. The van der Waals surface area contributed by atoms with E-state index in [0.717, 1.165) is 16.9 Å². The maximum absolute atomic E-state index is 14.6. The molecule has 3 rings (SSSR count). The van der Waals surface area contributed by atoms with E-state index in [-0.39, 0.29) is 30.8 Å². The number of nitrogens with one attached hydrogen (secondary N) is 1. The molecule has 0 aliphatic carbocycles. The topological polar surface area (TPSA) is 58.6 Å². The molecule has 0 fully saturated rings. The summed E-state index contributed by atoms with van der Waals surface area (Å²) in [6.45, 7) is 6.14. The fourth-order valence-electron chi connectivity index (χ4n) is 3.94. The van der Waals surface area contributed by atoms with E-state index >= 15 is 0 Å². The van der Waals surface area contributed by atoms with Crippen molar-refractivity contribution in [2.75, 3.05) is 6.61 Å². The molecule has 0 saturated heterocycles. The van der Waals surface area contributed by atoms with Gasteiger partial charge in [-0.25, -0.2) is 4.39 Å². The molecule has 190 valence electrons. The zero-order valence-electron chi connectivity index (χ0n) is 21.2. The van der Waals surface area contributed by atoms with E-state index in [4.69, 9.17) is 4.74 Å². The summed E-state index contributed by atoms with van der Waals surface area (Å²) in [5.74, 6) is -0.129. The Morgan fingerprint density at radius 1 is 0.944 bits per heavy atom. The summed E-state index contributed by atoms with van der Waals surface area (Å²) in [4.78, 5) is 28.3. The molecule has 0 spiro atoms. The second kappa shape index (κ2) is 13.4. The fraction of sp³-hybridized carbons (Fsp3) is 0.333. The van der Waals surface area contributed by atoms with Crippen LogP contribution in [0.1, 0.15) is 43.4 Å². The van der Waals surface area contributed by atoms with Gasteiger partial charge in [-0.15, -0.1) is 0 Å². The first-order chi connectivity index (χ1) is 17.3. The Kier molecular flexibility index (Phi) is 10.0. The van der Waals surface area contributed by atoms with Crippen LogP contribution < -0.4 is 10.1 Å².